The van der Waals surface area contributed by atoms with Gasteiger partial charge in [-0.1, -0.05) is 30.3 Å². The highest BCUT2D eigenvalue weighted by Crippen LogP contribution is 2.49. The lowest BCUT2D eigenvalue weighted by molar-refractivity contribution is 0.0297. The Morgan fingerprint density at radius 2 is 2.13 bits per heavy atom. The molecule has 1 fully saturated rings. The van der Waals surface area contributed by atoms with Gasteiger partial charge in [0, 0.05) is 6.61 Å². The Labute approximate surface area is 90.9 Å². The second-order valence-electron chi connectivity index (χ2n) is 4.14. The highest BCUT2D eigenvalue weighted by Gasteiger charge is 2.43. The van der Waals surface area contributed by atoms with E-state index < -0.39 is 0 Å². The molecule has 1 N–H and O–H groups in total. The van der Waals surface area contributed by atoms with Crippen molar-refractivity contribution in [3.63, 3.8) is 0 Å². The second kappa shape index (κ2) is 4.77. The number of aliphatic hydroxyl groups is 1. The number of hydrogen-bond donors (Lipinski definition) is 1. The molecule has 1 aliphatic rings. The largest absolute Gasteiger partial charge is 0.390 e. The van der Waals surface area contributed by atoms with Gasteiger partial charge in [-0.05, 0) is 30.7 Å². The van der Waals surface area contributed by atoms with Gasteiger partial charge in [-0.2, -0.15) is 0 Å². The Bertz CT molecular complexity index is 297. The molecule has 1 aromatic carbocycles. The van der Waals surface area contributed by atoms with Crippen molar-refractivity contribution in [2.75, 3.05) is 13.2 Å². The smallest absolute Gasteiger partial charge is 0.0807 e. The van der Waals surface area contributed by atoms with Gasteiger partial charge >= 0.3 is 0 Å². The predicted molar refractivity (Wildman–Crippen MR) is 59.8 cm³/mol. The van der Waals surface area contributed by atoms with Gasteiger partial charge in [0.25, 0.3) is 0 Å². The summed E-state index contributed by atoms with van der Waals surface area (Å²) in [5.41, 5.74) is 1.35. The first-order valence-corrected chi connectivity index (χ1v) is 5.63. The fourth-order valence-electron chi connectivity index (χ4n) is 2.09. The zero-order valence-electron chi connectivity index (χ0n) is 9.10. The van der Waals surface area contributed by atoms with Crippen LogP contribution in [0, 0.1) is 5.92 Å². The van der Waals surface area contributed by atoms with Gasteiger partial charge < -0.3 is 9.84 Å². The van der Waals surface area contributed by atoms with E-state index in [0.29, 0.717) is 25.0 Å². The van der Waals surface area contributed by atoms with Gasteiger partial charge in [0.2, 0.25) is 0 Å². The van der Waals surface area contributed by atoms with Crippen LogP contribution in [-0.2, 0) is 4.74 Å². The molecule has 2 heteroatoms. The summed E-state index contributed by atoms with van der Waals surface area (Å²) in [6.45, 7) is 3.11. The van der Waals surface area contributed by atoms with Gasteiger partial charge in [-0.25, -0.2) is 0 Å². The summed E-state index contributed by atoms with van der Waals surface area (Å²) < 4.78 is 5.23. The zero-order valence-corrected chi connectivity index (χ0v) is 9.10. The zero-order chi connectivity index (χ0) is 10.7. The molecule has 1 aliphatic carbocycles. The summed E-state index contributed by atoms with van der Waals surface area (Å²) in [7, 11) is 0. The molecule has 15 heavy (non-hydrogen) atoms. The highest BCUT2D eigenvalue weighted by molar-refractivity contribution is 5.26. The minimum absolute atomic E-state index is 0.296. The molecular formula is C13H18O2. The van der Waals surface area contributed by atoms with Crippen molar-refractivity contribution < 1.29 is 9.84 Å². The summed E-state index contributed by atoms with van der Waals surface area (Å²) >= 11 is 0. The van der Waals surface area contributed by atoms with Crippen LogP contribution >= 0.6 is 0 Å². The van der Waals surface area contributed by atoms with E-state index in [9.17, 15) is 5.11 Å². The average molecular weight is 206 g/mol. The Morgan fingerprint density at radius 3 is 2.80 bits per heavy atom. The molecule has 0 aliphatic heterocycles. The van der Waals surface area contributed by atoms with E-state index in [2.05, 4.69) is 24.3 Å². The molecule has 0 aromatic heterocycles. The fourth-order valence-corrected chi connectivity index (χ4v) is 2.09. The lowest BCUT2D eigenvalue weighted by Crippen LogP contribution is -2.18. The van der Waals surface area contributed by atoms with Gasteiger partial charge in [0.15, 0.2) is 0 Å². The van der Waals surface area contributed by atoms with Crippen molar-refractivity contribution >= 4 is 0 Å². The van der Waals surface area contributed by atoms with E-state index in [1.807, 2.05) is 13.0 Å². The van der Waals surface area contributed by atoms with Gasteiger partial charge in [0.05, 0.1) is 12.7 Å². The van der Waals surface area contributed by atoms with E-state index in [1.54, 1.807) is 0 Å². The number of rotatable bonds is 5. The van der Waals surface area contributed by atoms with Crippen LogP contribution in [0.25, 0.3) is 0 Å². The number of hydrogen-bond acceptors (Lipinski definition) is 2. The third kappa shape index (κ3) is 2.58. The van der Waals surface area contributed by atoms with Crippen LogP contribution in [0.5, 0.6) is 0 Å². The average Bonchev–Trinajstić information content (AvgIpc) is 3.07. The standard InChI is InChI=1S/C13H18O2/c1-2-15-9-13(14)12-8-11(12)10-6-4-3-5-7-10/h3-7,11-14H,2,8-9H2,1H3. The topological polar surface area (TPSA) is 29.5 Å². The van der Waals surface area contributed by atoms with E-state index in [0.717, 1.165) is 6.42 Å². The molecule has 0 saturated heterocycles. The molecule has 82 valence electrons. The van der Waals surface area contributed by atoms with Crippen LogP contribution < -0.4 is 0 Å². The molecule has 0 spiro atoms. The number of benzene rings is 1. The molecular weight excluding hydrogens is 188 g/mol. The predicted octanol–water partition coefficient (Wildman–Crippen LogP) is 2.19. The molecule has 2 nitrogen and oxygen atoms in total. The molecule has 3 atom stereocenters. The van der Waals surface area contributed by atoms with Crippen molar-refractivity contribution in [1.29, 1.82) is 0 Å². The SMILES string of the molecule is CCOCC(O)C1CC1c1ccccc1. The Hall–Kier alpha value is -0.860. The molecule has 0 radical (unpaired) electrons. The lowest BCUT2D eigenvalue weighted by Gasteiger charge is -2.09. The van der Waals surface area contributed by atoms with Crippen molar-refractivity contribution in [1.82, 2.24) is 0 Å². The molecule has 1 aromatic rings. The minimum Gasteiger partial charge on any atom is -0.390 e. The van der Waals surface area contributed by atoms with Crippen LogP contribution in [0.4, 0.5) is 0 Å². The molecule has 2 rings (SSSR count). The maximum Gasteiger partial charge on any atom is 0.0807 e. The molecule has 0 bridgehead atoms. The van der Waals surface area contributed by atoms with Crippen LogP contribution in [0.3, 0.4) is 0 Å². The van der Waals surface area contributed by atoms with Gasteiger partial charge in [0.1, 0.15) is 0 Å². The van der Waals surface area contributed by atoms with E-state index in [4.69, 9.17) is 4.74 Å². The molecule has 3 unspecified atom stereocenters. The quantitative estimate of drug-likeness (QED) is 0.800. The van der Waals surface area contributed by atoms with Crippen molar-refractivity contribution in [3.8, 4) is 0 Å². The Balaban J connectivity index is 1.85. The minimum atomic E-state index is -0.296. The van der Waals surface area contributed by atoms with E-state index in [1.165, 1.54) is 5.56 Å². The van der Waals surface area contributed by atoms with Crippen molar-refractivity contribution in [2.45, 2.75) is 25.4 Å². The van der Waals surface area contributed by atoms with E-state index in [-0.39, 0.29) is 6.10 Å². The number of aliphatic hydroxyl groups excluding tert-OH is 1. The fraction of sp³-hybridized carbons (Fsp3) is 0.538. The third-order valence-corrected chi connectivity index (χ3v) is 3.05. The first-order chi connectivity index (χ1) is 7.33. The molecule has 0 amide bonds. The Kier molecular flexibility index (Phi) is 3.39. The van der Waals surface area contributed by atoms with Crippen LogP contribution in [0.1, 0.15) is 24.8 Å². The second-order valence-corrected chi connectivity index (χ2v) is 4.14. The first kappa shape index (κ1) is 10.7. The summed E-state index contributed by atoms with van der Waals surface area (Å²) in [6.07, 6.45) is 0.799. The summed E-state index contributed by atoms with van der Waals surface area (Å²) in [6, 6.07) is 10.4. The van der Waals surface area contributed by atoms with Gasteiger partial charge in [-0.15, -0.1) is 0 Å². The third-order valence-electron chi connectivity index (χ3n) is 3.05. The summed E-state index contributed by atoms with van der Waals surface area (Å²) in [5.74, 6) is 0.945. The Morgan fingerprint density at radius 1 is 1.40 bits per heavy atom. The normalized spacial score (nSPS) is 26.3. The van der Waals surface area contributed by atoms with Gasteiger partial charge in [-0.3, -0.25) is 0 Å². The highest BCUT2D eigenvalue weighted by atomic mass is 16.5. The maximum absolute atomic E-state index is 9.83. The van der Waals surface area contributed by atoms with Crippen molar-refractivity contribution in [2.24, 2.45) is 5.92 Å². The monoisotopic (exact) mass is 206 g/mol. The van der Waals surface area contributed by atoms with E-state index >= 15 is 0 Å². The maximum atomic E-state index is 9.83. The van der Waals surface area contributed by atoms with Crippen molar-refractivity contribution in [3.05, 3.63) is 35.9 Å². The molecule has 0 heterocycles. The van der Waals surface area contributed by atoms with Crippen LogP contribution in [-0.4, -0.2) is 24.4 Å². The van der Waals surface area contributed by atoms with Crippen LogP contribution in [0.2, 0.25) is 0 Å². The summed E-state index contributed by atoms with van der Waals surface area (Å²) in [5, 5.41) is 9.83. The van der Waals surface area contributed by atoms with Crippen LogP contribution in [0.15, 0.2) is 30.3 Å². The first-order valence-electron chi connectivity index (χ1n) is 5.63. The summed E-state index contributed by atoms with van der Waals surface area (Å²) in [4.78, 5) is 0. The molecule has 1 saturated carbocycles. The lowest BCUT2D eigenvalue weighted by atomic mass is 10.1. The number of ether oxygens (including phenoxy) is 1.